The van der Waals surface area contributed by atoms with Gasteiger partial charge in [0.15, 0.2) is 0 Å². The van der Waals surface area contributed by atoms with Crippen molar-refractivity contribution >= 4 is 17.6 Å². The molecule has 8 heteroatoms. The molecule has 3 amide bonds. The van der Waals surface area contributed by atoms with E-state index >= 15 is 0 Å². The molecule has 8 nitrogen and oxygen atoms in total. The predicted octanol–water partition coefficient (Wildman–Crippen LogP) is 1.59. The first kappa shape index (κ1) is 20.5. The van der Waals surface area contributed by atoms with E-state index in [4.69, 9.17) is 4.74 Å². The number of aromatic nitrogens is 1. The molecule has 0 unspecified atom stereocenters. The topological polar surface area (TPSA) is 113 Å². The number of aliphatic hydroxyl groups excluding tert-OH is 1. The Bertz CT molecular complexity index is 829. The number of hydrogen-bond acceptors (Lipinski definition) is 5. The second-order valence-corrected chi connectivity index (χ2v) is 6.57. The molecule has 1 aliphatic rings. The molecule has 2 aromatic rings. The Labute approximate surface area is 169 Å². The fraction of sp³-hybridized carbons (Fsp3) is 0.286. The van der Waals surface area contributed by atoms with Gasteiger partial charge < -0.3 is 25.8 Å². The highest BCUT2D eigenvalue weighted by atomic mass is 16.5. The molecule has 1 aromatic carbocycles. The van der Waals surface area contributed by atoms with Gasteiger partial charge in [0.1, 0.15) is 6.10 Å². The standard InChI is InChI=1S/C21H24N4O4/c26-14-19-18(25-21(28)24-15-6-2-1-3-7-15)10-9-17(29-19)12-20(27)23-13-16-8-4-5-11-22-16/h1-11,17-19,26H,12-14H2,(H,23,27)(H2,24,25,28)/t17-,18+,19-/m0/s1. The lowest BCUT2D eigenvalue weighted by atomic mass is 10.0. The van der Waals surface area contributed by atoms with Gasteiger partial charge in [0.25, 0.3) is 0 Å². The van der Waals surface area contributed by atoms with E-state index < -0.39 is 24.3 Å². The minimum absolute atomic E-state index is 0.114. The quantitative estimate of drug-likeness (QED) is 0.531. The van der Waals surface area contributed by atoms with Crippen molar-refractivity contribution < 1.29 is 19.4 Å². The molecule has 0 saturated carbocycles. The van der Waals surface area contributed by atoms with E-state index in [9.17, 15) is 14.7 Å². The summed E-state index contributed by atoms with van der Waals surface area (Å²) in [7, 11) is 0. The highest BCUT2D eigenvalue weighted by Crippen LogP contribution is 2.16. The Kier molecular flexibility index (Phi) is 7.32. The number of para-hydroxylation sites is 1. The van der Waals surface area contributed by atoms with Crippen LogP contribution in [0.4, 0.5) is 10.5 Å². The minimum Gasteiger partial charge on any atom is -0.394 e. The predicted molar refractivity (Wildman–Crippen MR) is 108 cm³/mol. The number of amides is 3. The Balaban J connectivity index is 1.48. The van der Waals surface area contributed by atoms with E-state index in [0.29, 0.717) is 12.2 Å². The Morgan fingerprint density at radius 1 is 1.07 bits per heavy atom. The summed E-state index contributed by atoms with van der Waals surface area (Å²) < 4.78 is 5.77. The zero-order chi connectivity index (χ0) is 20.5. The van der Waals surface area contributed by atoms with Crippen molar-refractivity contribution in [1.82, 2.24) is 15.6 Å². The van der Waals surface area contributed by atoms with E-state index in [2.05, 4.69) is 20.9 Å². The second-order valence-electron chi connectivity index (χ2n) is 6.57. The summed E-state index contributed by atoms with van der Waals surface area (Å²) in [6.07, 6.45) is 4.12. The van der Waals surface area contributed by atoms with Crippen LogP contribution < -0.4 is 16.0 Å². The number of carbonyl (C=O) groups excluding carboxylic acids is 2. The van der Waals surface area contributed by atoms with Crippen LogP contribution in [0.5, 0.6) is 0 Å². The molecule has 0 spiro atoms. The third-order valence-corrected chi connectivity index (χ3v) is 4.37. The van der Waals surface area contributed by atoms with Crippen LogP contribution in [0.1, 0.15) is 12.1 Å². The van der Waals surface area contributed by atoms with Gasteiger partial charge in [0.05, 0.1) is 37.4 Å². The summed E-state index contributed by atoms with van der Waals surface area (Å²) >= 11 is 0. The lowest BCUT2D eigenvalue weighted by Crippen LogP contribution is -2.50. The maximum atomic E-state index is 12.2. The number of ether oxygens (including phenoxy) is 1. The zero-order valence-electron chi connectivity index (χ0n) is 15.8. The van der Waals surface area contributed by atoms with Gasteiger partial charge in [-0.25, -0.2) is 4.79 Å². The largest absolute Gasteiger partial charge is 0.394 e. The number of hydrogen-bond donors (Lipinski definition) is 4. The Morgan fingerprint density at radius 2 is 1.86 bits per heavy atom. The average molecular weight is 396 g/mol. The van der Waals surface area contributed by atoms with Gasteiger partial charge in [-0.2, -0.15) is 0 Å². The molecule has 2 heterocycles. The van der Waals surface area contributed by atoms with Crippen LogP contribution in [0.3, 0.4) is 0 Å². The monoisotopic (exact) mass is 396 g/mol. The Hall–Kier alpha value is -3.23. The Morgan fingerprint density at radius 3 is 2.59 bits per heavy atom. The zero-order valence-corrected chi connectivity index (χ0v) is 15.8. The number of anilines is 1. The van der Waals surface area contributed by atoms with Crippen molar-refractivity contribution in [3.05, 3.63) is 72.6 Å². The first-order chi connectivity index (χ1) is 14.1. The number of rotatable bonds is 7. The van der Waals surface area contributed by atoms with Crippen LogP contribution in [0.2, 0.25) is 0 Å². The van der Waals surface area contributed by atoms with Crippen LogP contribution in [0, 0.1) is 0 Å². The van der Waals surface area contributed by atoms with Crippen molar-refractivity contribution in [2.24, 2.45) is 0 Å². The second kappa shape index (κ2) is 10.4. The molecule has 0 saturated heterocycles. The number of urea groups is 1. The smallest absolute Gasteiger partial charge is 0.319 e. The highest BCUT2D eigenvalue weighted by Gasteiger charge is 2.29. The molecule has 152 valence electrons. The minimum atomic E-state index is -0.643. The van der Waals surface area contributed by atoms with Gasteiger partial charge in [0.2, 0.25) is 5.91 Å². The molecule has 3 atom stereocenters. The lowest BCUT2D eigenvalue weighted by molar-refractivity contribution is -0.125. The summed E-state index contributed by atoms with van der Waals surface area (Å²) in [6, 6.07) is 13.6. The van der Waals surface area contributed by atoms with Crippen molar-refractivity contribution in [1.29, 1.82) is 0 Å². The van der Waals surface area contributed by atoms with Gasteiger partial charge in [-0.3, -0.25) is 9.78 Å². The number of aliphatic hydroxyl groups is 1. The number of nitrogens with one attached hydrogen (secondary N) is 3. The highest BCUT2D eigenvalue weighted by molar-refractivity contribution is 5.89. The fourth-order valence-corrected chi connectivity index (χ4v) is 2.92. The van der Waals surface area contributed by atoms with Crippen molar-refractivity contribution in [3.63, 3.8) is 0 Å². The summed E-state index contributed by atoms with van der Waals surface area (Å²) in [5.74, 6) is -0.185. The van der Waals surface area contributed by atoms with E-state index in [0.717, 1.165) is 5.69 Å². The van der Waals surface area contributed by atoms with Gasteiger partial charge in [0, 0.05) is 11.9 Å². The van der Waals surface area contributed by atoms with E-state index in [1.54, 1.807) is 30.5 Å². The molecular weight excluding hydrogens is 372 g/mol. The molecule has 3 rings (SSSR count). The normalized spacial score (nSPS) is 20.7. The molecule has 0 aliphatic carbocycles. The maximum absolute atomic E-state index is 12.2. The van der Waals surface area contributed by atoms with Crippen LogP contribution in [-0.2, 0) is 16.1 Å². The molecule has 4 N–H and O–H groups in total. The van der Waals surface area contributed by atoms with Crippen LogP contribution >= 0.6 is 0 Å². The van der Waals surface area contributed by atoms with Crippen LogP contribution in [-0.4, -0.2) is 46.9 Å². The van der Waals surface area contributed by atoms with E-state index in [1.807, 2.05) is 36.4 Å². The van der Waals surface area contributed by atoms with Crippen LogP contribution in [0.15, 0.2) is 66.9 Å². The van der Waals surface area contributed by atoms with Gasteiger partial charge >= 0.3 is 6.03 Å². The van der Waals surface area contributed by atoms with Gasteiger partial charge in [-0.1, -0.05) is 36.4 Å². The van der Waals surface area contributed by atoms with E-state index in [-0.39, 0.29) is 18.9 Å². The fourth-order valence-electron chi connectivity index (χ4n) is 2.92. The number of pyridine rings is 1. The molecule has 0 bridgehead atoms. The molecule has 1 aromatic heterocycles. The molecular formula is C21H24N4O4. The SMILES string of the molecule is O=C(C[C@@H]1C=C[C@@H](NC(=O)Nc2ccccc2)[C@H](CO)O1)NCc1ccccn1. The van der Waals surface area contributed by atoms with E-state index in [1.165, 1.54) is 0 Å². The number of nitrogens with zero attached hydrogens (tertiary/aromatic N) is 1. The van der Waals surface area contributed by atoms with Crippen molar-refractivity contribution in [2.75, 3.05) is 11.9 Å². The summed E-state index contributed by atoms with van der Waals surface area (Å²) in [5, 5.41) is 17.9. The summed E-state index contributed by atoms with van der Waals surface area (Å²) in [5.41, 5.74) is 1.43. The summed E-state index contributed by atoms with van der Waals surface area (Å²) in [4.78, 5) is 28.5. The average Bonchev–Trinajstić information content (AvgIpc) is 2.74. The first-order valence-corrected chi connectivity index (χ1v) is 9.38. The van der Waals surface area contributed by atoms with Gasteiger partial charge in [-0.05, 0) is 24.3 Å². The number of carbonyl (C=O) groups is 2. The summed E-state index contributed by atoms with van der Waals surface area (Å²) in [6.45, 7) is 0.0516. The number of benzene rings is 1. The van der Waals surface area contributed by atoms with Crippen molar-refractivity contribution in [2.45, 2.75) is 31.2 Å². The third kappa shape index (κ3) is 6.41. The lowest BCUT2D eigenvalue weighted by Gasteiger charge is -2.31. The maximum Gasteiger partial charge on any atom is 0.319 e. The van der Waals surface area contributed by atoms with Crippen molar-refractivity contribution in [3.8, 4) is 0 Å². The molecule has 0 radical (unpaired) electrons. The van der Waals surface area contributed by atoms with Crippen LogP contribution in [0.25, 0.3) is 0 Å². The molecule has 29 heavy (non-hydrogen) atoms. The molecule has 1 aliphatic heterocycles. The van der Waals surface area contributed by atoms with Gasteiger partial charge in [-0.15, -0.1) is 0 Å². The molecule has 0 fully saturated rings. The third-order valence-electron chi connectivity index (χ3n) is 4.37. The first-order valence-electron chi connectivity index (χ1n) is 9.38.